The minimum absolute atomic E-state index is 0.235. The summed E-state index contributed by atoms with van der Waals surface area (Å²) in [5.41, 5.74) is 3.60. The van der Waals surface area contributed by atoms with Gasteiger partial charge in [0.25, 0.3) is 11.5 Å². The number of hydrogen-bond donors (Lipinski definition) is 1. The Kier molecular flexibility index (Phi) is 6.03. The van der Waals surface area contributed by atoms with Gasteiger partial charge in [-0.2, -0.15) is 5.10 Å². The predicted octanol–water partition coefficient (Wildman–Crippen LogP) is 4.24. The normalized spacial score (nSPS) is 11.3. The molecule has 0 fully saturated rings. The third kappa shape index (κ3) is 4.52. The van der Waals surface area contributed by atoms with Crippen molar-refractivity contribution >= 4 is 33.5 Å². The number of fused-ring (bicyclic) bond motifs is 1. The fourth-order valence-corrected chi connectivity index (χ4v) is 5.69. The quantitative estimate of drug-likeness (QED) is 0.370. The molecular formula is C24H21FN6O2S2. The molecule has 1 amide bonds. The fraction of sp³-hybridized carbons (Fsp3) is 0.208. The zero-order valence-electron chi connectivity index (χ0n) is 19.2. The second kappa shape index (κ2) is 9.16. The highest BCUT2D eigenvalue weighted by Gasteiger charge is 2.18. The van der Waals surface area contributed by atoms with E-state index in [0.717, 1.165) is 26.8 Å². The Morgan fingerprint density at radius 1 is 1.03 bits per heavy atom. The average Bonchev–Trinajstić information content (AvgIpc) is 3.49. The monoisotopic (exact) mass is 508 g/mol. The van der Waals surface area contributed by atoms with E-state index >= 15 is 0 Å². The Balaban J connectivity index is 1.29. The molecule has 0 unspecified atom stereocenters. The summed E-state index contributed by atoms with van der Waals surface area (Å²) >= 11 is 2.81. The van der Waals surface area contributed by atoms with Gasteiger partial charge in [0.05, 0.1) is 27.8 Å². The highest BCUT2D eigenvalue weighted by molar-refractivity contribution is 7.19. The zero-order chi connectivity index (χ0) is 24.7. The predicted molar refractivity (Wildman–Crippen MR) is 135 cm³/mol. The third-order valence-electron chi connectivity index (χ3n) is 5.52. The minimum atomic E-state index is -0.303. The van der Waals surface area contributed by atoms with Crippen molar-refractivity contribution in [2.24, 2.45) is 0 Å². The van der Waals surface area contributed by atoms with Crippen LogP contribution in [0.2, 0.25) is 0 Å². The molecular weight excluding hydrogens is 487 g/mol. The van der Waals surface area contributed by atoms with Crippen molar-refractivity contribution in [1.82, 2.24) is 29.5 Å². The number of imidazole rings is 1. The molecule has 0 bridgehead atoms. The second-order valence-corrected chi connectivity index (χ2v) is 10.2. The van der Waals surface area contributed by atoms with Crippen LogP contribution in [-0.4, -0.2) is 36.6 Å². The lowest BCUT2D eigenvalue weighted by Gasteiger charge is -2.08. The molecule has 178 valence electrons. The number of hydrogen-bond acceptors (Lipinski definition) is 7. The molecule has 1 N–H and O–H groups in total. The Bertz CT molecular complexity index is 1610. The maximum atomic E-state index is 13.2. The number of carbonyl (C=O) groups excluding carboxylic acids is 1. The lowest BCUT2D eigenvalue weighted by Crippen LogP contribution is -2.31. The molecule has 4 heterocycles. The van der Waals surface area contributed by atoms with Crippen LogP contribution in [0.15, 0.2) is 47.4 Å². The van der Waals surface area contributed by atoms with Crippen molar-refractivity contribution in [3.63, 3.8) is 0 Å². The molecule has 1 aromatic carbocycles. The summed E-state index contributed by atoms with van der Waals surface area (Å²) in [4.78, 5) is 36.3. The number of aryl methyl sites for hydroxylation is 3. The summed E-state index contributed by atoms with van der Waals surface area (Å²) in [6, 6.07) is 9.31. The number of aromatic nitrogens is 5. The molecule has 0 atom stereocenters. The highest BCUT2D eigenvalue weighted by atomic mass is 32.1. The molecule has 0 spiro atoms. The summed E-state index contributed by atoms with van der Waals surface area (Å²) in [6.07, 6.45) is 1.84. The van der Waals surface area contributed by atoms with Crippen LogP contribution in [0.4, 0.5) is 4.39 Å². The first-order chi connectivity index (χ1) is 16.8. The molecule has 0 saturated carbocycles. The summed E-state index contributed by atoms with van der Waals surface area (Å²) in [5, 5.41) is 8.27. The summed E-state index contributed by atoms with van der Waals surface area (Å²) in [7, 11) is 0. The van der Waals surface area contributed by atoms with Crippen molar-refractivity contribution in [3.8, 4) is 21.8 Å². The van der Waals surface area contributed by atoms with Crippen LogP contribution in [0.1, 0.15) is 26.1 Å². The van der Waals surface area contributed by atoms with Gasteiger partial charge in [0.2, 0.25) is 0 Å². The molecule has 0 aliphatic heterocycles. The van der Waals surface area contributed by atoms with Crippen molar-refractivity contribution in [2.75, 3.05) is 6.54 Å². The van der Waals surface area contributed by atoms with Gasteiger partial charge in [0, 0.05) is 30.1 Å². The van der Waals surface area contributed by atoms with Crippen LogP contribution in [0.5, 0.6) is 0 Å². The highest BCUT2D eigenvalue weighted by Crippen LogP contribution is 2.28. The molecule has 35 heavy (non-hydrogen) atoms. The number of carbonyl (C=O) groups is 1. The first-order valence-corrected chi connectivity index (χ1v) is 12.5. The molecule has 0 aliphatic carbocycles. The first-order valence-electron chi connectivity index (χ1n) is 10.9. The van der Waals surface area contributed by atoms with Crippen LogP contribution < -0.4 is 10.9 Å². The third-order valence-corrected chi connectivity index (χ3v) is 7.77. The Hall–Kier alpha value is -3.70. The molecule has 0 radical (unpaired) electrons. The van der Waals surface area contributed by atoms with Crippen molar-refractivity contribution in [2.45, 2.75) is 27.3 Å². The lowest BCUT2D eigenvalue weighted by atomic mass is 10.2. The number of benzene rings is 1. The van der Waals surface area contributed by atoms with Crippen LogP contribution in [0, 0.1) is 26.6 Å². The molecule has 8 nitrogen and oxygen atoms in total. The summed E-state index contributed by atoms with van der Waals surface area (Å²) < 4.78 is 16.4. The number of nitrogens with one attached hydrogen (secondary N) is 1. The maximum Gasteiger partial charge on any atom is 0.266 e. The number of rotatable bonds is 6. The van der Waals surface area contributed by atoms with Crippen LogP contribution >= 0.6 is 22.7 Å². The second-order valence-electron chi connectivity index (χ2n) is 7.99. The minimum Gasteiger partial charge on any atom is -0.349 e. The topological polar surface area (TPSA) is 94.2 Å². The van der Waals surface area contributed by atoms with Crippen LogP contribution in [0.25, 0.3) is 26.8 Å². The number of halogens is 1. The van der Waals surface area contributed by atoms with Gasteiger partial charge >= 0.3 is 0 Å². The van der Waals surface area contributed by atoms with E-state index in [4.69, 9.17) is 0 Å². The fourth-order valence-electron chi connectivity index (χ4n) is 3.78. The molecule has 11 heteroatoms. The van der Waals surface area contributed by atoms with Gasteiger partial charge in [0.1, 0.15) is 16.4 Å². The Morgan fingerprint density at radius 3 is 2.49 bits per heavy atom. The van der Waals surface area contributed by atoms with Gasteiger partial charge < -0.3 is 5.32 Å². The number of amides is 1. The van der Waals surface area contributed by atoms with E-state index in [1.165, 1.54) is 45.6 Å². The first kappa shape index (κ1) is 23.1. The van der Waals surface area contributed by atoms with Crippen LogP contribution in [0.3, 0.4) is 0 Å². The van der Waals surface area contributed by atoms with E-state index in [-0.39, 0.29) is 30.4 Å². The number of nitrogens with zero attached hydrogens (tertiary/aromatic N) is 5. The number of thiazole rings is 2. The van der Waals surface area contributed by atoms with Gasteiger partial charge in [-0.3, -0.25) is 14.0 Å². The lowest BCUT2D eigenvalue weighted by molar-refractivity contribution is 0.0955. The maximum absolute atomic E-state index is 13.2. The molecule has 0 aliphatic rings. The van der Waals surface area contributed by atoms with Gasteiger partial charge in [-0.05, 0) is 51.1 Å². The summed E-state index contributed by atoms with van der Waals surface area (Å²) in [6.45, 7) is 6.18. The van der Waals surface area contributed by atoms with E-state index < -0.39 is 0 Å². The van der Waals surface area contributed by atoms with Crippen molar-refractivity contribution in [3.05, 3.63) is 80.0 Å². The largest absolute Gasteiger partial charge is 0.349 e. The van der Waals surface area contributed by atoms with Crippen LogP contribution in [-0.2, 0) is 6.54 Å². The average molecular weight is 509 g/mol. The standard InChI is InChI=1S/C24H21FN6O2S2/c1-13-21(34-15(3)27-13)18-8-9-20(32)31(29-18)11-10-26-23(33)22-14(2)30-12-19(28-24(30)35-22)16-4-6-17(25)7-5-16/h4-9,12H,10-11H2,1-3H3,(H,26,33). The van der Waals surface area contributed by atoms with E-state index in [1.807, 2.05) is 31.4 Å². The van der Waals surface area contributed by atoms with E-state index in [1.54, 1.807) is 18.2 Å². The van der Waals surface area contributed by atoms with E-state index in [9.17, 15) is 14.0 Å². The van der Waals surface area contributed by atoms with E-state index in [2.05, 4.69) is 20.4 Å². The van der Waals surface area contributed by atoms with Gasteiger partial charge in [-0.25, -0.2) is 19.0 Å². The molecule has 0 saturated heterocycles. The van der Waals surface area contributed by atoms with Gasteiger partial charge in [0.15, 0.2) is 4.96 Å². The molecule has 5 rings (SSSR count). The zero-order valence-corrected chi connectivity index (χ0v) is 20.8. The Labute approximate surface area is 207 Å². The SMILES string of the molecule is Cc1nc(C)c(-c2ccc(=O)n(CCNC(=O)c3sc4nc(-c5ccc(F)cc5)cn4c3C)n2)s1. The van der Waals surface area contributed by atoms with Crippen molar-refractivity contribution in [1.29, 1.82) is 0 Å². The Morgan fingerprint density at radius 2 is 1.80 bits per heavy atom. The molecule has 4 aromatic heterocycles. The van der Waals surface area contributed by atoms with E-state index in [0.29, 0.717) is 21.2 Å². The van der Waals surface area contributed by atoms with Gasteiger partial charge in [-0.1, -0.05) is 11.3 Å². The van der Waals surface area contributed by atoms with Gasteiger partial charge in [-0.15, -0.1) is 11.3 Å². The molecule has 5 aromatic rings. The smallest absolute Gasteiger partial charge is 0.266 e. The van der Waals surface area contributed by atoms with Crippen molar-refractivity contribution < 1.29 is 9.18 Å². The summed E-state index contributed by atoms with van der Waals surface area (Å²) in [5.74, 6) is -0.540.